The van der Waals surface area contributed by atoms with Crippen LogP contribution in [0, 0.1) is 11.2 Å². The molecule has 0 unspecified atom stereocenters. The molecule has 44 heavy (non-hydrogen) atoms. The Balaban J connectivity index is 1.33. The molecule has 0 saturated carbocycles. The van der Waals surface area contributed by atoms with Gasteiger partial charge in [-0.25, -0.2) is 18.0 Å². The number of nitrogens with one attached hydrogen (secondary N) is 4. The Hall–Kier alpha value is -3.67. The molecule has 5 rings (SSSR count). The first kappa shape index (κ1) is 31.7. The molecular formula is C32H37ClF3N7O. The molecule has 0 amide bonds. The van der Waals surface area contributed by atoms with Gasteiger partial charge in [0.25, 0.3) is 6.43 Å². The number of aryl methyl sites for hydroxylation is 1. The van der Waals surface area contributed by atoms with E-state index in [2.05, 4.69) is 20.6 Å². The summed E-state index contributed by atoms with van der Waals surface area (Å²) >= 11 is 6.18. The third kappa shape index (κ3) is 7.51. The zero-order chi connectivity index (χ0) is 31.4. The van der Waals surface area contributed by atoms with Gasteiger partial charge in [-0.3, -0.25) is 9.98 Å². The fourth-order valence-corrected chi connectivity index (χ4v) is 6.03. The number of nitrogens with zero attached hydrogens (tertiary/aromatic N) is 2. The molecule has 1 saturated heterocycles. The van der Waals surface area contributed by atoms with Crippen LogP contribution in [0.2, 0.25) is 5.02 Å². The molecule has 0 bridgehead atoms. The number of aromatic amines is 1. The van der Waals surface area contributed by atoms with Gasteiger partial charge in [-0.1, -0.05) is 30.2 Å². The van der Waals surface area contributed by atoms with Gasteiger partial charge in [0, 0.05) is 35.8 Å². The third-order valence-corrected chi connectivity index (χ3v) is 8.43. The molecule has 2 aromatic carbocycles. The lowest BCUT2D eigenvalue weighted by atomic mass is 9.92. The van der Waals surface area contributed by atoms with Crippen LogP contribution in [0.4, 0.5) is 13.2 Å². The largest absolute Gasteiger partial charge is 0.374 e. The van der Waals surface area contributed by atoms with Crippen molar-refractivity contribution < 1.29 is 13.2 Å². The zero-order valence-corrected chi connectivity index (χ0v) is 25.2. The topological polar surface area (TPSA) is 125 Å². The van der Waals surface area contributed by atoms with Crippen LogP contribution in [-0.2, 0) is 6.42 Å². The molecule has 4 aromatic rings. The Labute approximate surface area is 258 Å². The van der Waals surface area contributed by atoms with Gasteiger partial charge in [-0.15, -0.1) is 0 Å². The van der Waals surface area contributed by atoms with Crippen molar-refractivity contribution in [1.82, 2.24) is 25.2 Å². The monoisotopic (exact) mass is 627 g/mol. The number of H-pyrrole nitrogens is 1. The second-order valence-electron chi connectivity index (χ2n) is 11.5. The number of fused-ring (bicyclic) bond motifs is 1. The highest BCUT2D eigenvalue weighted by Gasteiger charge is 2.22. The van der Waals surface area contributed by atoms with Crippen LogP contribution in [-0.4, -0.2) is 45.4 Å². The fraction of sp³-hybridized carbons (Fsp3) is 0.406. The van der Waals surface area contributed by atoms with Crippen molar-refractivity contribution in [3.8, 4) is 16.9 Å². The molecule has 1 fully saturated rings. The van der Waals surface area contributed by atoms with Gasteiger partial charge in [0.2, 0.25) is 0 Å². The van der Waals surface area contributed by atoms with E-state index in [1.165, 1.54) is 10.6 Å². The first-order valence-corrected chi connectivity index (χ1v) is 15.3. The lowest BCUT2D eigenvalue weighted by Crippen LogP contribution is -2.39. The third-order valence-electron chi connectivity index (χ3n) is 8.15. The molecule has 1 aliphatic heterocycles. The fourth-order valence-electron chi connectivity index (χ4n) is 5.79. The van der Waals surface area contributed by atoms with Crippen molar-refractivity contribution in [2.75, 3.05) is 6.54 Å². The van der Waals surface area contributed by atoms with Gasteiger partial charge in [0.1, 0.15) is 5.65 Å². The minimum absolute atomic E-state index is 0.0844. The lowest BCUT2D eigenvalue weighted by molar-refractivity contribution is 0.111. The van der Waals surface area contributed by atoms with Gasteiger partial charge >= 0.3 is 5.69 Å². The summed E-state index contributed by atoms with van der Waals surface area (Å²) in [5.41, 5.74) is 8.37. The quantitative estimate of drug-likeness (QED) is 0.0993. The second-order valence-corrected chi connectivity index (χ2v) is 11.9. The first-order chi connectivity index (χ1) is 21.1. The van der Waals surface area contributed by atoms with Crippen molar-refractivity contribution in [3.63, 3.8) is 0 Å². The summed E-state index contributed by atoms with van der Waals surface area (Å²) in [7, 11) is 0. The smallest absolute Gasteiger partial charge is 0.354 e. The number of hydrogen-bond donors (Lipinski definition) is 5. The van der Waals surface area contributed by atoms with Crippen LogP contribution in [0.3, 0.4) is 0 Å². The van der Waals surface area contributed by atoms with E-state index in [0.29, 0.717) is 52.7 Å². The minimum Gasteiger partial charge on any atom is -0.374 e. The SMILES string of the molecule is CC(=N)NCC[C@@H]1CCC[C@@H](c2ccc(-n3cc4cc(-c5cc(CCC[C@@H](N)C(F)F)cc(Cl)c5F)[nH]c4nc3=O)cc2)N1. The molecule has 1 aliphatic rings. The highest BCUT2D eigenvalue weighted by atomic mass is 35.5. The van der Waals surface area contributed by atoms with Crippen LogP contribution < -0.4 is 22.1 Å². The Kier molecular flexibility index (Phi) is 10.1. The van der Waals surface area contributed by atoms with Gasteiger partial charge in [-0.2, -0.15) is 4.98 Å². The molecule has 3 heterocycles. The highest BCUT2D eigenvalue weighted by Crippen LogP contribution is 2.32. The van der Waals surface area contributed by atoms with Crippen molar-refractivity contribution >= 4 is 28.5 Å². The number of amidine groups is 1. The molecule has 3 atom stereocenters. The number of alkyl halides is 2. The zero-order valence-electron chi connectivity index (χ0n) is 24.5. The van der Waals surface area contributed by atoms with Gasteiger partial charge < -0.3 is 21.4 Å². The average Bonchev–Trinajstić information content (AvgIpc) is 3.41. The summed E-state index contributed by atoms with van der Waals surface area (Å²) < 4.78 is 42.1. The summed E-state index contributed by atoms with van der Waals surface area (Å²) in [6.07, 6.45) is 4.21. The summed E-state index contributed by atoms with van der Waals surface area (Å²) in [6, 6.07) is 12.0. The van der Waals surface area contributed by atoms with E-state index in [-0.39, 0.29) is 23.0 Å². The lowest BCUT2D eigenvalue weighted by Gasteiger charge is -2.31. The number of hydrogen-bond acceptors (Lipinski definition) is 5. The molecule has 12 heteroatoms. The van der Waals surface area contributed by atoms with Gasteiger partial charge in [0.15, 0.2) is 5.82 Å². The minimum atomic E-state index is -2.59. The van der Waals surface area contributed by atoms with E-state index in [1.807, 2.05) is 24.3 Å². The van der Waals surface area contributed by atoms with Crippen LogP contribution in [0.25, 0.3) is 28.0 Å². The summed E-state index contributed by atoms with van der Waals surface area (Å²) in [5.74, 6) is -0.155. The number of halogens is 4. The predicted octanol–water partition coefficient (Wildman–Crippen LogP) is 6.25. The standard InChI is InChI=1S/C32H37ClF3N7O/c1-18(37)39-13-12-22-5-3-7-27(40-22)20-8-10-23(11-9-20)43-17-21-16-28(41-31(21)42-32(43)44)24-14-19(15-25(33)29(24)34)4-2-6-26(38)30(35)36/h8-11,14-17,22,26-27,30,40H,2-7,12-13,38H2,1H3,(H2,37,39)(H,41,42,44)/t22-,26+,27-/m0/s1. The van der Waals surface area contributed by atoms with Crippen LogP contribution in [0.5, 0.6) is 0 Å². The first-order valence-electron chi connectivity index (χ1n) is 14.9. The van der Waals surface area contributed by atoms with E-state index in [4.69, 9.17) is 22.7 Å². The van der Waals surface area contributed by atoms with Crippen molar-refractivity contribution in [1.29, 1.82) is 5.41 Å². The molecule has 2 aromatic heterocycles. The number of piperidine rings is 1. The molecule has 234 valence electrons. The number of benzene rings is 2. The maximum atomic E-state index is 15.1. The Morgan fingerprint density at radius 2 is 2.00 bits per heavy atom. The average molecular weight is 628 g/mol. The van der Waals surface area contributed by atoms with Gasteiger partial charge in [0.05, 0.1) is 28.3 Å². The number of aromatic nitrogens is 3. The predicted molar refractivity (Wildman–Crippen MR) is 169 cm³/mol. The molecular weight excluding hydrogens is 591 g/mol. The maximum absolute atomic E-state index is 15.1. The molecule has 0 radical (unpaired) electrons. The maximum Gasteiger partial charge on any atom is 0.354 e. The number of rotatable bonds is 11. The van der Waals surface area contributed by atoms with Crippen LogP contribution in [0.1, 0.15) is 62.6 Å². The van der Waals surface area contributed by atoms with E-state index >= 15 is 4.39 Å². The Bertz CT molecular complexity index is 1670. The molecule has 0 aliphatic carbocycles. The Morgan fingerprint density at radius 1 is 1.23 bits per heavy atom. The highest BCUT2D eigenvalue weighted by molar-refractivity contribution is 6.31. The molecule has 0 spiro atoms. The summed E-state index contributed by atoms with van der Waals surface area (Å²) in [5, 5.41) is 14.9. The van der Waals surface area contributed by atoms with Crippen LogP contribution in [0.15, 0.2) is 53.5 Å². The molecule has 8 nitrogen and oxygen atoms in total. The summed E-state index contributed by atoms with van der Waals surface area (Å²) in [4.78, 5) is 20.2. The van der Waals surface area contributed by atoms with E-state index < -0.39 is 24.0 Å². The van der Waals surface area contributed by atoms with Crippen molar-refractivity contribution in [3.05, 3.63) is 81.1 Å². The van der Waals surface area contributed by atoms with E-state index in [0.717, 1.165) is 37.8 Å². The second kappa shape index (κ2) is 14.0. The number of nitrogens with two attached hydrogens (primary N) is 1. The van der Waals surface area contributed by atoms with Gasteiger partial charge in [-0.05, 0) is 86.9 Å². The normalized spacial score (nSPS) is 17.7. The van der Waals surface area contributed by atoms with Crippen molar-refractivity contribution in [2.24, 2.45) is 5.73 Å². The summed E-state index contributed by atoms with van der Waals surface area (Å²) in [6.45, 7) is 2.51. The van der Waals surface area contributed by atoms with E-state index in [1.54, 1.807) is 25.3 Å². The molecule has 6 N–H and O–H groups in total. The Morgan fingerprint density at radius 3 is 2.73 bits per heavy atom. The van der Waals surface area contributed by atoms with Crippen LogP contribution >= 0.6 is 11.6 Å². The van der Waals surface area contributed by atoms with Crippen molar-refractivity contribution in [2.45, 2.75) is 76.4 Å². The van der Waals surface area contributed by atoms with E-state index in [9.17, 15) is 13.6 Å².